The van der Waals surface area contributed by atoms with Gasteiger partial charge in [-0.15, -0.1) is 0 Å². The third kappa shape index (κ3) is 4.38. The first-order valence-corrected chi connectivity index (χ1v) is 4.58. The van der Waals surface area contributed by atoms with Crippen molar-refractivity contribution < 1.29 is 9.84 Å². The Labute approximate surface area is 68.6 Å². The van der Waals surface area contributed by atoms with Gasteiger partial charge in [-0.1, -0.05) is 12.8 Å². The topological polar surface area (TPSA) is 29.5 Å². The van der Waals surface area contributed by atoms with E-state index in [0.29, 0.717) is 6.61 Å². The monoisotopic (exact) mass is 158 g/mol. The maximum atomic E-state index is 9.41. The predicted octanol–water partition coefficient (Wildman–Crippen LogP) is 1.57. The molecule has 0 heterocycles. The van der Waals surface area contributed by atoms with E-state index in [0.717, 1.165) is 25.4 Å². The Morgan fingerprint density at radius 2 is 2.27 bits per heavy atom. The van der Waals surface area contributed by atoms with Crippen LogP contribution in [0.5, 0.6) is 0 Å². The Morgan fingerprint density at radius 3 is 2.82 bits per heavy atom. The highest BCUT2D eigenvalue weighted by Gasteiger charge is 2.23. The maximum Gasteiger partial charge on any atom is 0.0564 e. The minimum Gasteiger partial charge on any atom is -0.393 e. The summed E-state index contributed by atoms with van der Waals surface area (Å²) in [5, 5.41) is 9.41. The van der Waals surface area contributed by atoms with Crippen molar-refractivity contribution in [2.75, 3.05) is 13.2 Å². The molecule has 0 spiro atoms. The van der Waals surface area contributed by atoms with Crippen molar-refractivity contribution in [2.45, 2.75) is 38.7 Å². The van der Waals surface area contributed by atoms with Gasteiger partial charge in [-0.2, -0.15) is 0 Å². The van der Waals surface area contributed by atoms with Crippen molar-refractivity contribution in [3.63, 3.8) is 0 Å². The van der Waals surface area contributed by atoms with E-state index in [9.17, 15) is 5.11 Å². The van der Waals surface area contributed by atoms with Crippen LogP contribution in [0.2, 0.25) is 0 Å². The first kappa shape index (κ1) is 9.01. The van der Waals surface area contributed by atoms with Crippen LogP contribution in [0.1, 0.15) is 32.6 Å². The molecule has 0 aliphatic heterocycles. The molecule has 1 fully saturated rings. The van der Waals surface area contributed by atoms with Gasteiger partial charge in [0.15, 0.2) is 0 Å². The summed E-state index contributed by atoms with van der Waals surface area (Å²) in [4.78, 5) is 0. The van der Waals surface area contributed by atoms with E-state index in [1.165, 1.54) is 12.8 Å². The van der Waals surface area contributed by atoms with Gasteiger partial charge in [-0.3, -0.25) is 0 Å². The number of aliphatic hydroxyl groups excluding tert-OH is 1. The van der Waals surface area contributed by atoms with Crippen LogP contribution in [0.25, 0.3) is 0 Å². The molecular weight excluding hydrogens is 140 g/mol. The highest BCUT2D eigenvalue weighted by Crippen LogP contribution is 2.33. The molecule has 1 rings (SSSR count). The Bertz CT molecular complexity index is 99.7. The largest absolute Gasteiger partial charge is 0.393 e. The molecule has 0 aromatic carbocycles. The van der Waals surface area contributed by atoms with E-state index in [1.807, 2.05) is 6.92 Å². The molecule has 2 heteroatoms. The summed E-state index contributed by atoms with van der Waals surface area (Å²) in [6.07, 6.45) is 4.34. The molecule has 1 aliphatic carbocycles. The molecule has 1 atom stereocenters. The summed E-state index contributed by atoms with van der Waals surface area (Å²) in [5.41, 5.74) is 0. The first-order chi connectivity index (χ1) is 5.33. The number of hydrogen-bond donors (Lipinski definition) is 1. The van der Waals surface area contributed by atoms with Crippen LogP contribution in [0.15, 0.2) is 0 Å². The van der Waals surface area contributed by atoms with E-state index < -0.39 is 0 Å². The highest BCUT2D eigenvalue weighted by atomic mass is 16.5. The molecule has 1 saturated carbocycles. The van der Waals surface area contributed by atoms with Crippen LogP contribution in [0.3, 0.4) is 0 Å². The van der Waals surface area contributed by atoms with E-state index in [-0.39, 0.29) is 6.10 Å². The van der Waals surface area contributed by atoms with E-state index >= 15 is 0 Å². The fraction of sp³-hybridized carbons (Fsp3) is 1.00. The van der Waals surface area contributed by atoms with Gasteiger partial charge < -0.3 is 9.84 Å². The van der Waals surface area contributed by atoms with Crippen molar-refractivity contribution in [3.05, 3.63) is 0 Å². The molecule has 0 aromatic heterocycles. The van der Waals surface area contributed by atoms with E-state index in [4.69, 9.17) is 4.74 Å². The minimum atomic E-state index is -0.117. The smallest absolute Gasteiger partial charge is 0.0564 e. The average molecular weight is 158 g/mol. The van der Waals surface area contributed by atoms with Crippen molar-refractivity contribution >= 4 is 0 Å². The zero-order valence-corrected chi connectivity index (χ0v) is 7.25. The first-order valence-electron chi connectivity index (χ1n) is 4.58. The maximum absolute atomic E-state index is 9.41. The van der Waals surface area contributed by atoms with Crippen LogP contribution < -0.4 is 0 Å². The lowest BCUT2D eigenvalue weighted by atomic mass is 10.1. The molecule has 0 aromatic rings. The summed E-state index contributed by atoms with van der Waals surface area (Å²) in [6.45, 7) is 3.45. The molecule has 66 valence electrons. The van der Waals surface area contributed by atoms with Crippen molar-refractivity contribution in [1.82, 2.24) is 0 Å². The van der Waals surface area contributed by atoms with Crippen LogP contribution >= 0.6 is 0 Å². The third-order valence-electron chi connectivity index (χ3n) is 2.10. The van der Waals surface area contributed by atoms with Gasteiger partial charge in [0.25, 0.3) is 0 Å². The minimum absolute atomic E-state index is 0.117. The zero-order valence-electron chi connectivity index (χ0n) is 7.25. The van der Waals surface area contributed by atoms with Gasteiger partial charge in [0.1, 0.15) is 0 Å². The third-order valence-corrected chi connectivity index (χ3v) is 2.10. The van der Waals surface area contributed by atoms with Crippen molar-refractivity contribution in [1.29, 1.82) is 0 Å². The zero-order chi connectivity index (χ0) is 8.10. The van der Waals surface area contributed by atoms with Gasteiger partial charge in [0, 0.05) is 13.2 Å². The fourth-order valence-corrected chi connectivity index (χ4v) is 1.22. The number of aliphatic hydroxyl groups is 1. The second-order valence-electron chi connectivity index (χ2n) is 3.32. The summed E-state index contributed by atoms with van der Waals surface area (Å²) in [7, 11) is 0. The standard InChI is InChI=1S/C9H18O2/c1-2-11-6-5-9(10)7-8-3-4-8/h8-10H,2-7H2,1H3. The fourth-order valence-electron chi connectivity index (χ4n) is 1.22. The average Bonchev–Trinajstić information content (AvgIpc) is 2.72. The molecule has 0 amide bonds. The van der Waals surface area contributed by atoms with Gasteiger partial charge >= 0.3 is 0 Å². The SMILES string of the molecule is CCOCCC(O)CC1CC1. The molecular formula is C9H18O2. The molecule has 0 radical (unpaired) electrons. The van der Waals surface area contributed by atoms with Gasteiger partial charge in [0.05, 0.1) is 6.10 Å². The summed E-state index contributed by atoms with van der Waals surface area (Å²) in [5.74, 6) is 0.826. The Kier molecular flexibility index (Phi) is 3.87. The highest BCUT2D eigenvalue weighted by molar-refractivity contribution is 4.76. The normalized spacial score (nSPS) is 20.2. The Hall–Kier alpha value is -0.0800. The quantitative estimate of drug-likeness (QED) is 0.595. The van der Waals surface area contributed by atoms with Crippen LogP contribution in [0.4, 0.5) is 0 Å². The van der Waals surface area contributed by atoms with Crippen LogP contribution in [0, 0.1) is 5.92 Å². The van der Waals surface area contributed by atoms with Crippen molar-refractivity contribution in [2.24, 2.45) is 5.92 Å². The lowest BCUT2D eigenvalue weighted by Crippen LogP contribution is -2.11. The predicted molar refractivity (Wildman–Crippen MR) is 44.5 cm³/mol. The molecule has 0 bridgehead atoms. The lowest BCUT2D eigenvalue weighted by molar-refractivity contribution is 0.0814. The number of hydrogen-bond acceptors (Lipinski definition) is 2. The molecule has 11 heavy (non-hydrogen) atoms. The van der Waals surface area contributed by atoms with Crippen LogP contribution in [-0.4, -0.2) is 24.4 Å². The Morgan fingerprint density at radius 1 is 1.55 bits per heavy atom. The summed E-state index contributed by atoms with van der Waals surface area (Å²) in [6, 6.07) is 0. The van der Waals surface area contributed by atoms with Gasteiger partial charge in [0.2, 0.25) is 0 Å². The lowest BCUT2D eigenvalue weighted by Gasteiger charge is -2.08. The second kappa shape index (κ2) is 4.73. The molecule has 1 aliphatic rings. The second-order valence-corrected chi connectivity index (χ2v) is 3.32. The van der Waals surface area contributed by atoms with Gasteiger partial charge in [-0.05, 0) is 25.7 Å². The Balaban J connectivity index is 1.87. The number of rotatable bonds is 6. The summed E-state index contributed by atoms with van der Waals surface area (Å²) < 4.78 is 5.15. The van der Waals surface area contributed by atoms with E-state index in [1.54, 1.807) is 0 Å². The molecule has 1 N–H and O–H groups in total. The van der Waals surface area contributed by atoms with Crippen LogP contribution in [-0.2, 0) is 4.74 Å². The van der Waals surface area contributed by atoms with Crippen molar-refractivity contribution in [3.8, 4) is 0 Å². The molecule has 0 saturated heterocycles. The van der Waals surface area contributed by atoms with E-state index in [2.05, 4.69) is 0 Å². The summed E-state index contributed by atoms with van der Waals surface area (Å²) >= 11 is 0. The molecule has 2 nitrogen and oxygen atoms in total. The van der Waals surface area contributed by atoms with Gasteiger partial charge in [-0.25, -0.2) is 0 Å². The number of ether oxygens (including phenoxy) is 1. The molecule has 1 unspecified atom stereocenters.